The van der Waals surface area contributed by atoms with Gasteiger partial charge in [0.1, 0.15) is 42.3 Å². The number of esters is 1. The smallest absolute Gasteiger partial charge is 0.421 e. The molecule has 6 atom stereocenters. The zero-order chi connectivity index (χ0) is 45.8. The molecular formula is C51H47N5O10. The number of para-hydroxylation sites is 2. The van der Waals surface area contributed by atoms with Gasteiger partial charge >= 0.3 is 12.1 Å². The molecular weight excluding hydrogens is 843 g/mol. The molecule has 336 valence electrons. The highest BCUT2D eigenvalue weighted by molar-refractivity contribution is 6.23. The molecule has 2 saturated heterocycles. The number of anilines is 1. The number of carbonyl (C=O) groups is 4. The third-order valence-electron chi connectivity index (χ3n) is 12.3. The Kier molecular flexibility index (Phi) is 12.6. The first-order valence-electron chi connectivity index (χ1n) is 21.7. The Morgan fingerprint density at radius 2 is 1.58 bits per heavy atom. The van der Waals surface area contributed by atoms with Gasteiger partial charge in [-0.15, -0.1) is 0 Å². The highest BCUT2D eigenvalue weighted by Gasteiger charge is 2.75. The van der Waals surface area contributed by atoms with E-state index in [2.05, 4.69) is 27.1 Å². The van der Waals surface area contributed by atoms with E-state index in [-0.39, 0.29) is 57.3 Å². The number of imidazole rings is 1. The van der Waals surface area contributed by atoms with Crippen LogP contribution in [0.3, 0.4) is 0 Å². The summed E-state index contributed by atoms with van der Waals surface area (Å²) in [4.78, 5) is 72.5. The number of benzene rings is 5. The summed E-state index contributed by atoms with van der Waals surface area (Å²) in [5, 5.41) is 22.4. The van der Waals surface area contributed by atoms with Crippen LogP contribution in [0.2, 0.25) is 0 Å². The van der Waals surface area contributed by atoms with Crippen molar-refractivity contribution in [2.45, 2.75) is 42.6 Å². The molecule has 6 aromatic rings. The first kappa shape index (κ1) is 43.9. The Hall–Kier alpha value is -7.35. The third-order valence-corrected chi connectivity index (χ3v) is 12.3. The Balaban J connectivity index is 1.33. The van der Waals surface area contributed by atoms with Crippen molar-refractivity contribution in [2.24, 2.45) is 5.92 Å². The number of amides is 3. The number of aliphatic hydroxyl groups is 2. The number of morpholine rings is 1. The SMILES string of the molecule is COCCOC(=O)N1C(=O)C2(c3cc(C#CCCO)ccc31)C(C(=O)NCc1nc3ccccc3[nH]1)C1C(=O)OC(c3ccccc3)C(c3ccccc3)N1C2c1cccc(OCCO)c1. The number of carbonyl (C=O) groups excluding carboxylic acids is 4. The molecule has 1 aromatic heterocycles. The van der Waals surface area contributed by atoms with Crippen molar-refractivity contribution in [3.8, 4) is 17.6 Å². The van der Waals surface area contributed by atoms with E-state index in [1.54, 1.807) is 42.5 Å². The minimum Gasteiger partial charge on any atom is -0.491 e. The van der Waals surface area contributed by atoms with E-state index >= 15 is 14.4 Å². The molecule has 4 heterocycles. The fraction of sp³-hybridized carbons (Fsp3) is 0.275. The molecule has 4 N–H and O–H groups in total. The van der Waals surface area contributed by atoms with Gasteiger partial charge in [-0.05, 0) is 64.7 Å². The fourth-order valence-corrected chi connectivity index (χ4v) is 9.77. The monoisotopic (exact) mass is 889 g/mol. The first-order chi connectivity index (χ1) is 32.3. The number of hydrogen-bond donors (Lipinski definition) is 4. The number of nitrogens with zero attached hydrogens (tertiary/aromatic N) is 3. The second kappa shape index (κ2) is 19.0. The maximum absolute atomic E-state index is 16.3. The number of imide groups is 1. The molecule has 15 nitrogen and oxygen atoms in total. The van der Waals surface area contributed by atoms with Crippen LogP contribution in [-0.2, 0) is 40.6 Å². The average molecular weight is 890 g/mol. The summed E-state index contributed by atoms with van der Waals surface area (Å²) >= 11 is 0. The fourth-order valence-electron chi connectivity index (χ4n) is 9.77. The van der Waals surface area contributed by atoms with Gasteiger partial charge in [-0.2, -0.15) is 0 Å². The lowest BCUT2D eigenvalue weighted by atomic mass is 9.65. The largest absolute Gasteiger partial charge is 0.491 e. The third kappa shape index (κ3) is 7.83. The van der Waals surface area contributed by atoms with Gasteiger partial charge in [0.2, 0.25) is 11.8 Å². The molecule has 9 rings (SSSR count). The van der Waals surface area contributed by atoms with Crippen molar-refractivity contribution in [3.05, 3.63) is 161 Å². The van der Waals surface area contributed by atoms with E-state index in [1.165, 1.54) is 7.11 Å². The van der Waals surface area contributed by atoms with Crippen molar-refractivity contribution in [3.63, 3.8) is 0 Å². The molecule has 0 aliphatic carbocycles. The number of fused-ring (bicyclic) bond motifs is 4. The van der Waals surface area contributed by atoms with Crippen LogP contribution in [0.25, 0.3) is 11.0 Å². The predicted molar refractivity (Wildman–Crippen MR) is 241 cm³/mol. The number of rotatable bonds is 13. The zero-order valence-corrected chi connectivity index (χ0v) is 36.0. The number of aliphatic hydroxyl groups excluding tert-OH is 2. The highest BCUT2D eigenvalue weighted by Crippen LogP contribution is 2.66. The van der Waals surface area contributed by atoms with Gasteiger partial charge in [0.25, 0.3) is 0 Å². The van der Waals surface area contributed by atoms with Crippen molar-refractivity contribution < 1.29 is 48.3 Å². The van der Waals surface area contributed by atoms with Gasteiger partial charge in [0.05, 0.1) is 61.1 Å². The summed E-state index contributed by atoms with van der Waals surface area (Å²) in [6, 6.07) is 34.5. The standard InChI is InChI=1S/C51H47N5O10/c1-63-27-28-65-50(62)55-40-23-22-32(13-10-11-24-57)29-37(40)51(49(55)61)42(47(59)52-31-41-53-38-20-8-9-21-39(38)54-41)44-48(60)66-45(34-16-6-3-7-17-34)43(33-14-4-2-5-15-33)56(44)46(51)35-18-12-19-36(30-35)64-26-25-58/h2-9,12,14-23,29-30,42-46,57-58H,11,24-28,31H2,1H3,(H,52,59)(H,53,54). The molecule has 3 amide bonds. The molecule has 2 fully saturated rings. The summed E-state index contributed by atoms with van der Waals surface area (Å²) < 4.78 is 23.3. The van der Waals surface area contributed by atoms with Crippen LogP contribution in [0.1, 0.15) is 58.3 Å². The van der Waals surface area contributed by atoms with Crippen molar-refractivity contribution >= 4 is 40.6 Å². The van der Waals surface area contributed by atoms with Crippen LogP contribution in [-0.4, -0.2) is 95.1 Å². The lowest BCUT2D eigenvalue weighted by Crippen LogP contribution is -2.55. The number of H-pyrrole nitrogens is 1. The normalized spacial score (nSPS) is 22.0. The minimum atomic E-state index is -2.08. The Morgan fingerprint density at radius 3 is 2.32 bits per heavy atom. The van der Waals surface area contributed by atoms with Crippen LogP contribution in [0.5, 0.6) is 5.75 Å². The van der Waals surface area contributed by atoms with Crippen LogP contribution in [0.4, 0.5) is 10.5 Å². The molecule has 5 aromatic carbocycles. The quantitative estimate of drug-likeness (QED) is 0.0654. The molecule has 15 heteroatoms. The van der Waals surface area contributed by atoms with Gasteiger partial charge in [0, 0.05) is 19.1 Å². The van der Waals surface area contributed by atoms with Crippen LogP contribution in [0.15, 0.2) is 127 Å². The Morgan fingerprint density at radius 1 is 0.833 bits per heavy atom. The minimum absolute atomic E-state index is 0.0355. The van der Waals surface area contributed by atoms with E-state index in [4.69, 9.17) is 18.9 Å². The van der Waals surface area contributed by atoms with E-state index in [0.717, 1.165) is 16.0 Å². The van der Waals surface area contributed by atoms with Crippen molar-refractivity contribution in [2.75, 3.05) is 45.0 Å². The molecule has 6 unspecified atom stereocenters. The molecule has 66 heavy (non-hydrogen) atoms. The summed E-state index contributed by atoms with van der Waals surface area (Å²) in [5.74, 6) is 2.96. The molecule has 3 aliphatic rings. The number of hydrogen-bond acceptors (Lipinski definition) is 12. The Bertz CT molecular complexity index is 2790. The maximum Gasteiger partial charge on any atom is 0.421 e. The van der Waals surface area contributed by atoms with Gasteiger partial charge in [-0.3, -0.25) is 19.3 Å². The number of aromatic nitrogens is 2. The predicted octanol–water partition coefficient (Wildman–Crippen LogP) is 5.43. The summed E-state index contributed by atoms with van der Waals surface area (Å²) in [7, 11) is 1.45. The second-order valence-corrected chi connectivity index (χ2v) is 16.1. The number of methoxy groups -OCH3 is 1. The van der Waals surface area contributed by atoms with Crippen molar-refractivity contribution in [1.29, 1.82) is 0 Å². The number of nitrogens with one attached hydrogen (secondary N) is 2. The molecule has 1 spiro atoms. The lowest BCUT2D eigenvalue weighted by molar-refractivity contribution is -0.178. The van der Waals surface area contributed by atoms with Crippen molar-refractivity contribution in [1.82, 2.24) is 20.2 Å². The summed E-state index contributed by atoms with van der Waals surface area (Å²) in [6.07, 6.45) is -1.79. The first-order valence-corrected chi connectivity index (χ1v) is 21.7. The molecule has 0 saturated carbocycles. The number of cyclic esters (lactones) is 1. The summed E-state index contributed by atoms with van der Waals surface area (Å²) in [5.41, 5.74) is 2.02. The zero-order valence-electron chi connectivity index (χ0n) is 36.0. The molecule has 0 bridgehead atoms. The van der Waals surface area contributed by atoms with Crippen LogP contribution >= 0.6 is 0 Å². The number of aromatic amines is 1. The van der Waals surface area contributed by atoms with E-state index in [1.807, 2.05) is 89.8 Å². The topological polar surface area (TPSA) is 193 Å². The Labute approximate surface area is 380 Å². The van der Waals surface area contributed by atoms with Gasteiger partial charge in [-0.1, -0.05) is 96.8 Å². The van der Waals surface area contributed by atoms with Crippen LogP contribution in [0, 0.1) is 17.8 Å². The lowest BCUT2D eigenvalue weighted by Gasteiger charge is -2.46. The molecule has 0 radical (unpaired) electrons. The van der Waals surface area contributed by atoms with Gasteiger partial charge in [-0.25, -0.2) is 14.7 Å². The maximum atomic E-state index is 16.3. The van der Waals surface area contributed by atoms with Gasteiger partial charge in [0.15, 0.2) is 0 Å². The summed E-state index contributed by atoms with van der Waals surface area (Å²) in [6.45, 7) is -0.742. The number of ether oxygens (including phenoxy) is 4. The van der Waals surface area contributed by atoms with E-state index in [0.29, 0.717) is 33.8 Å². The molecule has 3 aliphatic heterocycles. The average Bonchev–Trinajstić information content (AvgIpc) is 3.99. The highest BCUT2D eigenvalue weighted by atomic mass is 16.6. The van der Waals surface area contributed by atoms with E-state index in [9.17, 15) is 15.0 Å². The van der Waals surface area contributed by atoms with Crippen LogP contribution < -0.4 is 15.0 Å². The second-order valence-electron chi connectivity index (χ2n) is 16.1. The van der Waals surface area contributed by atoms with Gasteiger partial charge < -0.3 is 39.5 Å². The van der Waals surface area contributed by atoms with E-state index < -0.39 is 59.4 Å².